The molecule has 6 heteroatoms. The molecule has 1 amide bonds. The maximum absolute atomic E-state index is 12.6. The maximum atomic E-state index is 12.6. The van der Waals surface area contributed by atoms with Gasteiger partial charge in [0.05, 0.1) is 0 Å². The molecule has 0 aliphatic carbocycles. The number of imidazole rings is 1. The summed E-state index contributed by atoms with van der Waals surface area (Å²) in [5, 5.41) is 9.40. The van der Waals surface area contributed by atoms with Crippen LogP contribution in [0.4, 0.5) is 0 Å². The Morgan fingerprint density at radius 2 is 2.19 bits per heavy atom. The highest BCUT2D eigenvalue weighted by atomic mass is 16.4. The van der Waals surface area contributed by atoms with Crippen LogP contribution in [-0.2, 0) is 4.79 Å². The molecule has 1 aliphatic heterocycles. The minimum atomic E-state index is -1.14. The number of hydrogen-bond acceptors (Lipinski definition) is 3. The highest BCUT2D eigenvalue weighted by Gasteiger charge is 2.46. The molecule has 1 aliphatic rings. The lowest BCUT2D eigenvalue weighted by atomic mass is 9.99. The number of aryl methyl sites for hydroxylation is 1. The number of carbonyl (C=O) groups excluding carboxylic acids is 1. The fraction of sp³-hybridized carbons (Fsp3) is 0.400. The fourth-order valence-corrected chi connectivity index (χ4v) is 2.84. The molecule has 2 aromatic heterocycles. The van der Waals surface area contributed by atoms with Gasteiger partial charge < -0.3 is 14.4 Å². The Morgan fingerprint density at radius 3 is 2.90 bits per heavy atom. The topological polar surface area (TPSA) is 74.9 Å². The molecule has 0 aromatic carbocycles. The second kappa shape index (κ2) is 4.58. The third kappa shape index (κ3) is 2.07. The van der Waals surface area contributed by atoms with Gasteiger partial charge in [0, 0.05) is 18.9 Å². The Balaban J connectivity index is 1.98. The average Bonchev–Trinajstić information content (AvgIpc) is 3.01. The van der Waals surface area contributed by atoms with Gasteiger partial charge in [0.1, 0.15) is 16.9 Å². The van der Waals surface area contributed by atoms with Gasteiger partial charge in [0.2, 0.25) is 0 Å². The van der Waals surface area contributed by atoms with Crippen molar-refractivity contribution in [2.24, 2.45) is 0 Å². The summed E-state index contributed by atoms with van der Waals surface area (Å²) in [6, 6.07) is 3.82. The molecule has 0 spiro atoms. The van der Waals surface area contributed by atoms with Crippen molar-refractivity contribution >= 4 is 17.5 Å². The van der Waals surface area contributed by atoms with Crippen molar-refractivity contribution in [2.45, 2.75) is 32.2 Å². The van der Waals surface area contributed by atoms with E-state index < -0.39 is 11.5 Å². The number of nitrogens with zero attached hydrogens (tertiary/aromatic N) is 3. The number of pyridine rings is 1. The third-order valence-electron chi connectivity index (χ3n) is 4.18. The predicted octanol–water partition coefficient (Wildman–Crippen LogP) is 1.72. The monoisotopic (exact) mass is 287 g/mol. The van der Waals surface area contributed by atoms with Gasteiger partial charge in [0.15, 0.2) is 0 Å². The summed E-state index contributed by atoms with van der Waals surface area (Å²) in [4.78, 5) is 29.8. The van der Waals surface area contributed by atoms with Gasteiger partial charge >= 0.3 is 5.97 Å². The molecule has 3 heterocycles. The van der Waals surface area contributed by atoms with E-state index in [0.717, 1.165) is 5.56 Å². The number of carboxylic acid groups (broad SMARTS) is 1. The molecule has 2 aromatic rings. The van der Waals surface area contributed by atoms with E-state index in [-0.39, 0.29) is 11.6 Å². The SMILES string of the molecule is Cc1ccn2cc(C(=O)N3CCCC3(C)C(=O)O)nc2c1. The minimum Gasteiger partial charge on any atom is -0.480 e. The van der Waals surface area contributed by atoms with Crippen LogP contribution in [0.25, 0.3) is 5.65 Å². The van der Waals surface area contributed by atoms with Crippen LogP contribution in [0, 0.1) is 6.92 Å². The van der Waals surface area contributed by atoms with Crippen molar-refractivity contribution in [1.29, 1.82) is 0 Å². The van der Waals surface area contributed by atoms with Gasteiger partial charge in [-0.3, -0.25) is 4.79 Å². The van der Waals surface area contributed by atoms with Gasteiger partial charge in [-0.1, -0.05) is 0 Å². The Hall–Kier alpha value is -2.37. The van der Waals surface area contributed by atoms with Crippen molar-refractivity contribution in [2.75, 3.05) is 6.54 Å². The first-order valence-electron chi connectivity index (χ1n) is 6.92. The van der Waals surface area contributed by atoms with Crippen molar-refractivity contribution < 1.29 is 14.7 Å². The number of carbonyl (C=O) groups is 2. The standard InChI is InChI=1S/C15H17N3O3/c1-10-4-7-17-9-11(16-12(17)8-10)13(19)18-6-3-5-15(18,2)14(20)21/h4,7-9H,3,5-6H2,1-2H3,(H,20,21). The molecule has 0 radical (unpaired) electrons. The Kier molecular flexibility index (Phi) is 2.97. The lowest BCUT2D eigenvalue weighted by molar-refractivity contribution is -0.147. The zero-order chi connectivity index (χ0) is 15.2. The average molecular weight is 287 g/mol. The fourth-order valence-electron chi connectivity index (χ4n) is 2.84. The smallest absolute Gasteiger partial charge is 0.329 e. The van der Waals surface area contributed by atoms with E-state index in [4.69, 9.17) is 0 Å². The number of aliphatic carboxylic acids is 1. The highest BCUT2D eigenvalue weighted by molar-refractivity contribution is 5.97. The first kappa shape index (κ1) is 13.6. The van der Waals surface area contributed by atoms with Crippen LogP contribution in [-0.4, -0.2) is 43.4 Å². The first-order valence-corrected chi connectivity index (χ1v) is 6.92. The second-order valence-electron chi connectivity index (χ2n) is 5.74. The molecule has 1 saturated heterocycles. The van der Waals surface area contributed by atoms with E-state index in [1.165, 1.54) is 4.90 Å². The zero-order valence-electron chi connectivity index (χ0n) is 12.0. The quantitative estimate of drug-likeness (QED) is 0.912. The molecule has 1 fully saturated rings. The summed E-state index contributed by atoms with van der Waals surface area (Å²) >= 11 is 0. The number of rotatable bonds is 2. The Morgan fingerprint density at radius 1 is 1.43 bits per heavy atom. The Labute approximate surface area is 122 Å². The van der Waals surface area contributed by atoms with E-state index in [2.05, 4.69) is 4.98 Å². The number of aromatic nitrogens is 2. The van der Waals surface area contributed by atoms with Gasteiger partial charge in [-0.2, -0.15) is 0 Å². The number of fused-ring (bicyclic) bond motifs is 1. The summed E-state index contributed by atoms with van der Waals surface area (Å²) in [5.74, 6) is -1.29. The summed E-state index contributed by atoms with van der Waals surface area (Å²) < 4.78 is 1.77. The predicted molar refractivity (Wildman–Crippen MR) is 76.2 cm³/mol. The lowest BCUT2D eigenvalue weighted by Gasteiger charge is -2.30. The number of amides is 1. The molecule has 0 bridgehead atoms. The highest BCUT2D eigenvalue weighted by Crippen LogP contribution is 2.30. The molecular formula is C15H17N3O3. The number of carboxylic acids is 1. The molecule has 1 N–H and O–H groups in total. The summed E-state index contributed by atoms with van der Waals surface area (Å²) in [6.45, 7) is 4.01. The normalized spacial score (nSPS) is 21.9. The molecule has 1 atom stereocenters. The van der Waals surface area contributed by atoms with Gasteiger partial charge in [0.25, 0.3) is 5.91 Å². The molecular weight excluding hydrogens is 270 g/mol. The zero-order valence-corrected chi connectivity index (χ0v) is 12.0. The minimum absolute atomic E-state index is 0.287. The van der Waals surface area contributed by atoms with Crippen LogP contribution in [0.2, 0.25) is 0 Å². The third-order valence-corrected chi connectivity index (χ3v) is 4.18. The number of likely N-dealkylation sites (tertiary alicyclic amines) is 1. The van der Waals surface area contributed by atoms with Crippen LogP contribution >= 0.6 is 0 Å². The molecule has 21 heavy (non-hydrogen) atoms. The van der Waals surface area contributed by atoms with E-state index in [1.807, 2.05) is 25.3 Å². The maximum Gasteiger partial charge on any atom is 0.329 e. The molecule has 6 nitrogen and oxygen atoms in total. The largest absolute Gasteiger partial charge is 0.480 e. The van der Waals surface area contributed by atoms with Crippen LogP contribution in [0.15, 0.2) is 24.5 Å². The van der Waals surface area contributed by atoms with Gasteiger partial charge in [-0.05, 0) is 44.4 Å². The van der Waals surface area contributed by atoms with E-state index in [0.29, 0.717) is 25.0 Å². The second-order valence-corrected chi connectivity index (χ2v) is 5.74. The van der Waals surface area contributed by atoms with E-state index >= 15 is 0 Å². The first-order chi connectivity index (χ1) is 9.91. The lowest BCUT2D eigenvalue weighted by Crippen LogP contribution is -2.50. The summed E-state index contributed by atoms with van der Waals surface area (Å²) in [5.41, 5.74) is 0.899. The van der Waals surface area contributed by atoms with Crippen molar-refractivity contribution in [3.8, 4) is 0 Å². The van der Waals surface area contributed by atoms with Crippen LogP contribution in [0.5, 0.6) is 0 Å². The van der Waals surface area contributed by atoms with Crippen LogP contribution < -0.4 is 0 Å². The summed E-state index contributed by atoms with van der Waals surface area (Å²) in [7, 11) is 0. The van der Waals surface area contributed by atoms with Crippen molar-refractivity contribution in [3.63, 3.8) is 0 Å². The molecule has 1 unspecified atom stereocenters. The molecule has 110 valence electrons. The number of hydrogen-bond donors (Lipinski definition) is 1. The molecule has 0 saturated carbocycles. The molecule has 3 rings (SSSR count). The van der Waals surface area contributed by atoms with Gasteiger partial charge in [-0.15, -0.1) is 0 Å². The van der Waals surface area contributed by atoms with Gasteiger partial charge in [-0.25, -0.2) is 9.78 Å². The van der Waals surface area contributed by atoms with Crippen molar-refractivity contribution in [3.05, 3.63) is 35.8 Å². The Bertz CT molecular complexity index is 737. The van der Waals surface area contributed by atoms with E-state index in [9.17, 15) is 14.7 Å². The van der Waals surface area contributed by atoms with Crippen molar-refractivity contribution in [1.82, 2.24) is 14.3 Å². The van der Waals surface area contributed by atoms with Crippen LogP contribution in [0.1, 0.15) is 35.8 Å². The van der Waals surface area contributed by atoms with Crippen LogP contribution in [0.3, 0.4) is 0 Å². The summed E-state index contributed by atoms with van der Waals surface area (Å²) in [6.07, 6.45) is 4.66. The van der Waals surface area contributed by atoms with E-state index in [1.54, 1.807) is 17.5 Å².